The average molecular weight is 517 g/mol. The number of halogens is 1. The molecule has 1 saturated heterocycles. The van der Waals surface area contributed by atoms with Crippen molar-refractivity contribution in [1.82, 2.24) is 30.3 Å². The van der Waals surface area contributed by atoms with Gasteiger partial charge >= 0.3 is 6.01 Å². The van der Waals surface area contributed by atoms with Crippen molar-refractivity contribution in [1.29, 1.82) is 0 Å². The first-order valence-electron chi connectivity index (χ1n) is 11.4. The van der Waals surface area contributed by atoms with Crippen LogP contribution in [0.5, 0.6) is 0 Å². The Bertz CT molecular complexity index is 1490. The van der Waals surface area contributed by atoms with Gasteiger partial charge in [0, 0.05) is 24.6 Å². The van der Waals surface area contributed by atoms with E-state index in [1.165, 1.54) is 18.5 Å². The number of nitrogens with zero attached hydrogens (tertiary/aromatic N) is 6. The van der Waals surface area contributed by atoms with Crippen LogP contribution < -0.4 is 10.0 Å². The highest BCUT2D eigenvalue weighted by Gasteiger charge is 2.25. The Hall–Kier alpha value is -3.49. The second-order valence-electron chi connectivity index (χ2n) is 8.89. The van der Waals surface area contributed by atoms with Crippen LogP contribution in [0.25, 0.3) is 22.3 Å². The molecular weight excluding hydrogens is 491 g/mol. The van der Waals surface area contributed by atoms with Crippen LogP contribution in [0.4, 0.5) is 10.4 Å². The molecule has 1 aromatic carbocycles. The van der Waals surface area contributed by atoms with E-state index in [-0.39, 0.29) is 34.8 Å². The van der Waals surface area contributed by atoms with Gasteiger partial charge in [0.2, 0.25) is 10.0 Å². The average Bonchev–Trinajstić information content (AvgIpc) is 3.51. The molecule has 1 fully saturated rings. The number of sulfonamides is 1. The minimum absolute atomic E-state index is 0.0179. The van der Waals surface area contributed by atoms with E-state index in [0.717, 1.165) is 32.0 Å². The van der Waals surface area contributed by atoms with E-state index in [1.54, 1.807) is 0 Å². The van der Waals surface area contributed by atoms with Crippen LogP contribution in [-0.4, -0.2) is 57.9 Å². The summed E-state index contributed by atoms with van der Waals surface area (Å²) < 4.78 is 49.2. The summed E-state index contributed by atoms with van der Waals surface area (Å²) in [6, 6.07) is 3.93. The van der Waals surface area contributed by atoms with Crippen molar-refractivity contribution in [3.63, 3.8) is 0 Å². The Balaban J connectivity index is 1.27. The van der Waals surface area contributed by atoms with E-state index < -0.39 is 15.8 Å². The van der Waals surface area contributed by atoms with Crippen LogP contribution in [-0.2, 0) is 21.4 Å². The van der Waals surface area contributed by atoms with Crippen LogP contribution in [0.15, 0.2) is 33.9 Å². The van der Waals surface area contributed by atoms with Gasteiger partial charge in [0.1, 0.15) is 28.9 Å². The zero-order valence-electron chi connectivity index (χ0n) is 19.7. The first-order chi connectivity index (χ1) is 17.2. The van der Waals surface area contributed by atoms with Gasteiger partial charge in [-0.3, -0.25) is 5.10 Å². The number of aromatic nitrogens is 6. The number of ether oxygens (including phenoxy) is 1. The lowest BCUT2D eigenvalue weighted by atomic mass is 10.1. The maximum atomic E-state index is 14.7. The topological polar surface area (TPSA) is 166 Å². The summed E-state index contributed by atoms with van der Waals surface area (Å²) in [6.07, 6.45) is 2.94. The second kappa shape index (κ2) is 9.52. The monoisotopic (exact) mass is 516 g/mol. The summed E-state index contributed by atoms with van der Waals surface area (Å²) in [5.41, 5.74) is 1.83. The van der Waals surface area contributed by atoms with Crippen molar-refractivity contribution in [3.8, 4) is 11.3 Å². The van der Waals surface area contributed by atoms with Crippen LogP contribution in [0.1, 0.15) is 44.1 Å². The molecule has 0 bridgehead atoms. The number of H-pyrrole nitrogens is 1. The smallest absolute Gasteiger partial charge is 0.324 e. The van der Waals surface area contributed by atoms with Gasteiger partial charge in [-0.05, 0) is 31.0 Å². The fourth-order valence-corrected chi connectivity index (χ4v) is 4.57. The molecule has 12 nitrogen and oxygen atoms in total. The molecule has 36 heavy (non-hydrogen) atoms. The third kappa shape index (κ3) is 4.79. The van der Waals surface area contributed by atoms with Crippen molar-refractivity contribution < 1.29 is 22.1 Å². The van der Waals surface area contributed by atoms with Crippen LogP contribution >= 0.6 is 0 Å². The number of primary sulfonamides is 1. The molecule has 0 aliphatic carbocycles. The third-order valence-electron chi connectivity index (χ3n) is 6.07. The van der Waals surface area contributed by atoms with Gasteiger partial charge in [0.15, 0.2) is 5.82 Å². The maximum absolute atomic E-state index is 14.7. The Morgan fingerprint density at radius 3 is 2.72 bits per heavy atom. The lowest BCUT2D eigenvalue weighted by molar-refractivity contribution is 0.0233. The summed E-state index contributed by atoms with van der Waals surface area (Å²) in [6.45, 7) is 5.71. The van der Waals surface area contributed by atoms with Crippen LogP contribution in [0, 0.1) is 5.82 Å². The molecule has 3 N–H and O–H groups in total. The highest BCUT2D eigenvalue weighted by molar-refractivity contribution is 7.89. The zero-order valence-corrected chi connectivity index (χ0v) is 20.5. The standard InChI is InChI=1S/C22H25FN8O4S/c1-12(2)21-27-22(35-30-21)31-7-5-13(6-8-31)34-10-17-19-20(26-11-25-17)18(28-29-19)15-4-3-14(9-16(15)23)36(24,32)33/h3-4,9,11-13H,5-8,10H2,1-2H3,(H,28,29)(H2,24,32,33). The first-order valence-corrected chi connectivity index (χ1v) is 13.0. The SMILES string of the molecule is CC(C)c1noc(N2CCC(OCc3ncnc4c(-c5ccc(S(N)(=O)=O)cc5F)n[nH]c34)CC2)n1. The number of aromatic amines is 1. The van der Waals surface area contributed by atoms with Crippen molar-refractivity contribution in [2.24, 2.45) is 5.14 Å². The van der Waals surface area contributed by atoms with Gasteiger partial charge in [-0.15, -0.1) is 0 Å². The second-order valence-corrected chi connectivity index (χ2v) is 10.5. The maximum Gasteiger partial charge on any atom is 0.324 e. The third-order valence-corrected chi connectivity index (χ3v) is 6.98. The number of nitrogens with one attached hydrogen (secondary N) is 1. The molecule has 0 saturated carbocycles. The molecule has 4 heterocycles. The normalized spacial score (nSPS) is 15.3. The summed E-state index contributed by atoms with van der Waals surface area (Å²) in [4.78, 5) is 14.7. The minimum atomic E-state index is -4.03. The number of fused-ring (bicyclic) bond motifs is 1. The molecule has 5 rings (SSSR count). The van der Waals surface area contributed by atoms with Crippen LogP contribution in [0.2, 0.25) is 0 Å². The zero-order chi connectivity index (χ0) is 25.4. The molecule has 0 unspecified atom stereocenters. The Labute approximate surface area is 206 Å². The summed E-state index contributed by atoms with van der Waals surface area (Å²) in [5, 5.41) is 16.2. The fraction of sp³-hybridized carbons (Fsp3) is 0.409. The van der Waals surface area contributed by atoms with Crippen molar-refractivity contribution in [3.05, 3.63) is 41.9 Å². The molecule has 0 spiro atoms. The first kappa shape index (κ1) is 24.2. The summed E-state index contributed by atoms with van der Waals surface area (Å²) in [7, 11) is -4.03. The molecule has 1 aliphatic heterocycles. The van der Waals surface area contributed by atoms with Gasteiger partial charge in [-0.2, -0.15) is 10.1 Å². The highest BCUT2D eigenvalue weighted by Crippen LogP contribution is 2.30. The quantitative estimate of drug-likeness (QED) is 0.372. The molecule has 1 aliphatic rings. The van der Waals surface area contributed by atoms with Gasteiger partial charge in [-0.1, -0.05) is 19.0 Å². The van der Waals surface area contributed by atoms with E-state index in [2.05, 4.69) is 35.2 Å². The number of benzene rings is 1. The Kier molecular flexibility index (Phi) is 6.40. The minimum Gasteiger partial charge on any atom is -0.372 e. The number of hydrogen-bond donors (Lipinski definition) is 2. The molecule has 14 heteroatoms. The summed E-state index contributed by atoms with van der Waals surface area (Å²) in [5.74, 6) is 0.115. The van der Waals surface area contributed by atoms with E-state index >= 15 is 0 Å². The molecular formula is C22H25FN8O4S. The van der Waals surface area contributed by atoms with E-state index in [4.69, 9.17) is 14.4 Å². The van der Waals surface area contributed by atoms with Gasteiger partial charge in [0.25, 0.3) is 0 Å². The van der Waals surface area contributed by atoms with Gasteiger partial charge in [-0.25, -0.2) is 27.9 Å². The fourth-order valence-electron chi connectivity index (χ4n) is 4.05. The van der Waals surface area contributed by atoms with Gasteiger partial charge < -0.3 is 14.2 Å². The lowest BCUT2D eigenvalue weighted by Crippen LogP contribution is -2.37. The highest BCUT2D eigenvalue weighted by atomic mass is 32.2. The Morgan fingerprint density at radius 1 is 1.28 bits per heavy atom. The number of anilines is 1. The van der Waals surface area contributed by atoms with Gasteiger partial charge in [0.05, 0.1) is 23.3 Å². The molecule has 0 amide bonds. The largest absolute Gasteiger partial charge is 0.372 e. The summed E-state index contributed by atoms with van der Waals surface area (Å²) >= 11 is 0. The number of rotatable bonds is 7. The molecule has 0 atom stereocenters. The van der Waals surface area contributed by atoms with E-state index in [9.17, 15) is 12.8 Å². The number of hydrogen-bond acceptors (Lipinski definition) is 10. The van der Waals surface area contributed by atoms with Crippen molar-refractivity contribution in [2.45, 2.75) is 50.2 Å². The molecule has 3 aromatic heterocycles. The molecule has 0 radical (unpaired) electrons. The number of nitrogens with two attached hydrogens (primary N) is 1. The molecule has 190 valence electrons. The molecule has 4 aromatic rings. The number of piperidine rings is 1. The lowest BCUT2D eigenvalue weighted by Gasteiger charge is -2.30. The van der Waals surface area contributed by atoms with Crippen molar-refractivity contribution >= 4 is 27.1 Å². The van der Waals surface area contributed by atoms with E-state index in [0.29, 0.717) is 28.6 Å². The predicted molar refractivity (Wildman–Crippen MR) is 127 cm³/mol. The Morgan fingerprint density at radius 2 is 2.06 bits per heavy atom. The predicted octanol–water partition coefficient (Wildman–Crippen LogP) is 2.50. The van der Waals surface area contributed by atoms with Crippen molar-refractivity contribution in [2.75, 3.05) is 18.0 Å². The van der Waals surface area contributed by atoms with Crippen LogP contribution in [0.3, 0.4) is 0 Å². The van der Waals surface area contributed by atoms with E-state index in [1.807, 2.05) is 13.8 Å².